The molecule has 7 heteroatoms. The Balaban J connectivity index is 1.04. The molecule has 0 radical (unpaired) electrons. The standard InChI is InChI=1S/C27H34N4O3/c1-31(25(27(32)33)23-8-5-13-28-24(23)18-9-10-18)21-16-22(17-21)34-15-3-2-7-20-12-11-19-6-4-14-29-26(19)30-20/h4-6,8,12-14,18,21-22,25H,2-3,7,9-11,15-17H2,1H3,(H,29,30)(H,32,33)/t21?,22?,25-/m0/s1. The van der Waals surface area contributed by atoms with Crippen LogP contribution < -0.4 is 5.32 Å². The van der Waals surface area contributed by atoms with Crippen molar-refractivity contribution in [2.75, 3.05) is 19.0 Å². The minimum Gasteiger partial charge on any atom is -0.480 e. The highest BCUT2D eigenvalue weighted by atomic mass is 16.5. The number of aromatic nitrogens is 2. The van der Waals surface area contributed by atoms with Crippen molar-refractivity contribution in [2.24, 2.45) is 0 Å². The van der Waals surface area contributed by atoms with Crippen LogP contribution in [0.3, 0.4) is 0 Å². The summed E-state index contributed by atoms with van der Waals surface area (Å²) >= 11 is 0. The van der Waals surface area contributed by atoms with E-state index in [1.807, 2.05) is 36.3 Å². The number of hydrogen-bond donors (Lipinski definition) is 2. The van der Waals surface area contributed by atoms with E-state index in [0.29, 0.717) is 5.92 Å². The number of allylic oxidation sites excluding steroid dienone is 2. The molecular weight excluding hydrogens is 428 g/mol. The molecule has 7 nitrogen and oxygen atoms in total. The molecule has 3 aliphatic rings. The fraction of sp³-hybridized carbons (Fsp3) is 0.519. The van der Waals surface area contributed by atoms with Crippen molar-refractivity contribution in [3.63, 3.8) is 0 Å². The van der Waals surface area contributed by atoms with Crippen LogP contribution in [0.15, 0.2) is 48.4 Å². The van der Waals surface area contributed by atoms with Crippen molar-refractivity contribution in [3.8, 4) is 0 Å². The first-order chi connectivity index (χ1) is 16.6. The van der Waals surface area contributed by atoms with Crippen LogP contribution in [0, 0.1) is 0 Å². The predicted molar refractivity (Wildman–Crippen MR) is 131 cm³/mol. The number of carboxylic acids is 1. The molecule has 5 rings (SSSR count). The van der Waals surface area contributed by atoms with E-state index in [0.717, 1.165) is 75.0 Å². The van der Waals surface area contributed by atoms with Crippen LogP contribution in [0.25, 0.3) is 0 Å². The maximum Gasteiger partial charge on any atom is 0.325 e. The van der Waals surface area contributed by atoms with Gasteiger partial charge in [-0.25, -0.2) is 4.98 Å². The average molecular weight is 463 g/mol. The Hall–Kier alpha value is -2.77. The van der Waals surface area contributed by atoms with Gasteiger partial charge >= 0.3 is 5.97 Å². The first-order valence-corrected chi connectivity index (χ1v) is 12.5. The number of fused-ring (bicyclic) bond motifs is 1. The minimum absolute atomic E-state index is 0.224. The van der Waals surface area contributed by atoms with Gasteiger partial charge in [0.25, 0.3) is 0 Å². The highest BCUT2D eigenvalue weighted by Crippen LogP contribution is 2.43. The van der Waals surface area contributed by atoms with Crippen molar-refractivity contribution in [1.82, 2.24) is 14.9 Å². The van der Waals surface area contributed by atoms with Crippen LogP contribution in [-0.4, -0.2) is 51.7 Å². The summed E-state index contributed by atoms with van der Waals surface area (Å²) in [5, 5.41) is 13.4. The smallest absolute Gasteiger partial charge is 0.325 e. The van der Waals surface area contributed by atoms with E-state index in [9.17, 15) is 9.90 Å². The topological polar surface area (TPSA) is 87.6 Å². The second-order valence-electron chi connectivity index (χ2n) is 9.80. The third kappa shape index (κ3) is 5.15. The number of likely N-dealkylation sites (N-methyl/N-ethyl adjacent to an activating group) is 1. The summed E-state index contributed by atoms with van der Waals surface area (Å²) in [5.74, 6) is 0.607. The molecule has 2 aliphatic carbocycles. The molecular formula is C27H34N4O3. The summed E-state index contributed by atoms with van der Waals surface area (Å²) in [6.07, 6.45) is 14.1. The number of nitrogens with one attached hydrogen (secondary N) is 1. The molecule has 180 valence electrons. The van der Waals surface area contributed by atoms with Gasteiger partial charge in [0.2, 0.25) is 0 Å². The van der Waals surface area contributed by atoms with Crippen LogP contribution in [0.5, 0.6) is 0 Å². The van der Waals surface area contributed by atoms with Gasteiger partial charge in [-0.05, 0) is 76.1 Å². The van der Waals surface area contributed by atoms with Gasteiger partial charge in [0, 0.05) is 47.9 Å². The van der Waals surface area contributed by atoms with Crippen LogP contribution >= 0.6 is 0 Å². The molecule has 1 aliphatic heterocycles. The first kappa shape index (κ1) is 23.0. The Morgan fingerprint density at radius 2 is 2.00 bits per heavy atom. The lowest BCUT2D eigenvalue weighted by Gasteiger charge is -2.43. The van der Waals surface area contributed by atoms with Crippen molar-refractivity contribution in [3.05, 3.63) is 65.3 Å². The average Bonchev–Trinajstić information content (AvgIpc) is 3.65. The third-order valence-electron chi connectivity index (χ3n) is 7.35. The molecule has 2 fully saturated rings. The Morgan fingerprint density at radius 1 is 1.21 bits per heavy atom. The molecule has 0 amide bonds. The van der Waals surface area contributed by atoms with Crippen LogP contribution in [-0.2, 0) is 16.0 Å². The van der Waals surface area contributed by atoms with Gasteiger partial charge < -0.3 is 15.2 Å². The second kappa shape index (κ2) is 10.2. The summed E-state index contributed by atoms with van der Waals surface area (Å²) < 4.78 is 6.08. The lowest BCUT2D eigenvalue weighted by molar-refractivity contribution is -0.146. The number of unbranched alkanes of at least 4 members (excludes halogenated alkanes) is 1. The molecule has 2 aromatic heterocycles. The number of rotatable bonds is 11. The molecule has 0 aromatic carbocycles. The van der Waals surface area contributed by atoms with Crippen molar-refractivity contribution >= 4 is 11.8 Å². The molecule has 0 unspecified atom stereocenters. The lowest BCUT2D eigenvalue weighted by Crippen LogP contribution is -2.49. The van der Waals surface area contributed by atoms with E-state index >= 15 is 0 Å². The van der Waals surface area contributed by atoms with Gasteiger partial charge in [-0.1, -0.05) is 18.2 Å². The normalized spacial score (nSPS) is 22.4. The maximum absolute atomic E-state index is 12.2. The van der Waals surface area contributed by atoms with Crippen LogP contribution in [0.4, 0.5) is 5.82 Å². The zero-order valence-corrected chi connectivity index (χ0v) is 19.8. The van der Waals surface area contributed by atoms with Gasteiger partial charge in [0.05, 0.1) is 6.10 Å². The van der Waals surface area contributed by atoms with Gasteiger partial charge in [-0.2, -0.15) is 0 Å². The Morgan fingerprint density at radius 3 is 2.79 bits per heavy atom. The number of nitrogens with zero attached hydrogens (tertiary/aromatic N) is 3. The molecule has 3 heterocycles. The van der Waals surface area contributed by atoms with E-state index in [2.05, 4.69) is 27.4 Å². The highest BCUT2D eigenvalue weighted by molar-refractivity contribution is 5.76. The molecule has 0 bridgehead atoms. The fourth-order valence-corrected chi connectivity index (χ4v) is 5.09. The molecule has 2 saturated carbocycles. The number of anilines is 1. The number of aliphatic carboxylic acids is 1. The molecule has 34 heavy (non-hydrogen) atoms. The third-order valence-corrected chi connectivity index (χ3v) is 7.35. The van der Waals surface area contributed by atoms with Crippen molar-refractivity contribution < 1.29 is 14.6 Å². The number of carbonyl (C=O) groups is 1. The summed E-state index contributed by atoms with van der Waals surface area (Å²) in [6, 6.07) is 7.46. The number of ether oxygens (including phenoxy) is 1. The molecule has 0 spiro atoms. The quantitative estimate of drug-likeness (QED) is 0.469. The van der Waals surface area contributed by atoms with Gasteiger partial charge in [-0.3, -0.25) is 14.7 Å². The van der Waals surface area contributed by atoms with E-state index in [-0.39, 0.29) is 12.1 Å². The summed E-state index contributed by atoms with van der Waals surface area (Å²) in [4.78, 5) is 23.1. The van der Waals surface area contributed by atoms with Crippen molar-refractivity contribution in [1.29, 1.82) is 0 Å². The van der Waals surface area contributed by atoms with Crippen LogP contribution in [0.1, 0.15) is 73.7 Å². The maximum atomic E-state index is 12.2. The highest BCUT2D eigenvalue weighted by Gasteiger charge is 2.40. The predicted octanol–water partition coefficient (Wildman–Crippen LogP) is 4.68. The second-order valence-corrected chi connectivity index (χ2v) is 9.80. The Kier molecular flexibility index (Phi) is 6.92. The fourth-order valence-electron chi connectivity index (χ4n) is 5.09. The number of hydrogen-bond acceptors (Lipinski definition) is 6. The van der Waals surface area contributed by atoms with E-state index < -0.39 is 12.0 Å². The van der Waals surface area contributed by atoms with E-state index in [1.54, 1.807) is 6.20 Å². The summed E-state index contributed by atoms with van der Waals surface area (Å²) in [7, 11) is 1.93. The Bertz CT molecular complexity index is 1050. The van der Waals surface area contributed by atoms with Crippen molar-refractivity contribution in [2.45, 2.75) is 75.5 Å². The first-order valence-electron chi connectivity index (χ1n) is 12.5. The largest absolute Gasteiger partial charge is 0.480 e. The minimum atomic E-state index is -0.801. The lowest BCUT2D eigenvalue weighted by atomic mass is 9.86. The number of pyridine rings is 2. The van der Waals surface area contributed by atoms with Gasteiger partial charge in [0.1, 0.15) is 11.9 Å². The molecule has 2 aromatic rings. The SMILES string of the molecule is CN(C1CC(OCCCCC2=CCc3cccnc3N2)C1)[C@H](C(=O)O)c1cccnc1C1CC1. The molecule has 2 N–H and O–H groups in total. The van der Waals surface area contributed by atoms with Gasteiger partial charge in [-0.15, -0.1) is 0 Å². The van der Waals surface area contributed by atoms with Crippen LogP contribution in [0.2, 0.25) is 0 Å². The van der Waals surface area contributed by atoms with E-state index in [1.165, 1.54) is 11.3 Å². The zero-order chi connectivity index (χ0) is 23.5. The molecule has 0 saturated heterocycles. The summed E-state index contributed by atoms with van der Waals surface area (Å²) in [6.45, 7) is 0.750. The van der Waals surface area contributed by atoms with E-state index in [4.69, 9.17) is 4.74 Å². The summed E-state index contributed by atoms with van der Waals surface area (Å²) in [5.41, 5.74) is 4.32. The Labute approximate surface area is 201 Å². The monoisotopic (exact) mass is 462 g/mol. The zero-order valence-electron chi connectivity index (χ0n) is 19.8. The number of carboxylic acid groups (broad SMARTS) is 1. The van der Waals surface area contributed by atoms with Gasteiger partial charge in [0.15, 0.2) is 0 Å². The molecule has 1 atom stereocenters.